The van der Waals surface area contributed by atoms with Gasteiger partial charge in [-0.2, -0.15) is 0 Å². The third kappa shape index (κ3) is 3.23. The van der Waals surface area contributed by atoms with Crippen molar-refractivity contribution in [1.82, 2.24) is 10.3 Å². The van der Waals surface area contributed by atoms with Crippen molar-refractivity contribution in [3.63, 3.8) is 0 Å². The van der Waals surface area contributed by atoms with Gasteiger partial charge in [0.15, 0.2) is 6.04 Å². The van der Waals surface area contributed by atoms with Gasteiger partial charge in [-0.05, 0) is 27.6 Å². The number of benzene rings is 1. The molecule has 0 radical (unpaired) electrons. The van der Waals surface area contributed by atoms with E-state index < -0.39 is 17.9 Å². The predicted molar refractivity (Wildman–Crippen MR) is 72.8 cm³/mol. The van der Waals surface area contributed by atoms with Gasteiger partial charge in [0.1, 0.15) is 5.69 Å². The largest absolute Gasteiger partial charge is 0.479 e. The highest BCUT2D eigenvalue weighted by Gasteiger charge is 2.22. The number of nitrogens with one attached hydrogen (secondary N) is 2. The quantitative estimate of drug-likeness (QED) is 0.808. The standard InChI is InChI=1S/C13H11BrN2O3/c14-9-6-10(15-7-9)12(17)16-11(13(18)19)8-4-2-1-3-5-8/h1-7,11,15H,(H,16,17)(H,18,19). The molecule has 6 heteroatoms. The molecule has 0 bridgehead atoms. The monoisotopic (exact) mass is 322 g/mol. The summed E-state index contributed by atoms with van der Waals surface area (Å²) >= 11 is 3.21. The van der Waals surface area contributed by atoms with E-state index in [-0.39, 0.29) is 0 Å². The average molecular weight is 323 g/mol. The average Bonchev–Trinajstić information content (AvgIpc) is 2.83. The highest BCUT2D eigenvalue weighted by Crippen LogP contribution is 2.15. The first-order valence-corrected chi connectivity index (χ1v) is 6.30. The first kappa shape index (κ1) is 13.4. The number of hydrogen-bond acceptors (Lipinski definition) is 2. The Morgan fingerprint density at radius 3 is 2.47 bits per heavy atom. The van der Waals surface area contributed by atoms with E-state index in [0.29, 0.717) is 11.3 Å². The van der Waals surface area contributed by atoms with Crippen LogP contribution in [0.3, 0.4) is 0 Å². The Hall–Kier alpha value is -2.08. The maximum absolute atomic E-state index is 11.9. The zero-order chi connectivity index (χ0) is 13.8. The van der Waals surface area contributed by atoms with Gasteiger partial charge in [-0.1, -0.05) is 30.3 Å². The lowest BCUT2D eigenvalue weighted by molar-refractivity contribution is -0.139. The zero-order valence-corrected chi connectivity index (χ0v) is 11.3. The van der Waals surface area contributed by atoms with Crippen molar-refractivity contribution in [2.24, 2.45) is 0 Å². The molecule has 1 aromatic carbocycles. The Bertz CT molecular complexity index is 595. The smallest absolute Gasteiger partial charge is 0.330 e. The summed E-state index contributed by atoms with van der Waals surface area (Å²) in [5.41, 5.74) is 0.822. The van der Waals surface area contributed by atoms with Crippen LogP contribution < -0.4 is 5.32 Å². The fraction of sp³-hybridized carbons (Fsp3) is 0.0769. The van der Waals surface area contributed by atoms with Gasteiger partial charge in [0, 0.05) is 10.7 Å². The van der Waals surface area contributed by atoms with Crippen molar-refractivity contribution in [1.29, 1.82) is 0 Å². The van der Waals surface area contributed by atoms with Crippen LogP contribution in [0.15, 0.2) is 47.1 Å². The molecule has 1 atom stereocenters. The summed E-state index contributed by atoms with van der Waals surface area (Å²) in [6, 6.07) is 9.06. The van der Waals surface area contributed by atoms with E-state index in [1.165, 1.54) is 0 Å². The molecule has 1 aromatic heterocycles. The van der Waals surface area contributed by atoms with Gasteiger partial charge < -0.3 is 15.4 Å². The number of aromatic amines is 1. The normalized spacial score (nSPS) is 11.8. The number of aliphatic carboxylic acids is 1. The number of carbonyl (C=O) groups is 2. The zero-order valence-electron chi connectivity index (χ0n) is 9.76. The topological polar surface area (TPSA) is 82.2 Å². The minimum atomic E-state index is -1.11. The molecule has 1 unspecified atom stereocenters. The number of amides is 1. The van der Waals surface area contributed by atoms with Crippen molar-refractivity contribution in [3.8, 4) is 0 Å². The van der Waals surface area contributed by atoms with Crippen LogP contribution in [0.25, 0.3) is 0 Å². The number of H-pyrrole nitrogens is 1. The molecule has 5 nitrogen and oxygen atoms in total. The van der Waals surface area contributed by atoms with Gasteiger partial charge in [-0.3, -0.25) is 4.79 Å². The third-order valence-corrected chi connectivity index (χ3v) is 3.01. The second-order valence-corrected chi connectivity index (χ2v) is 4.80. The third-order valence-electron chi connectivity index (χ3n) is 2.55. The van der Waals surface area contributed by atoms with Gasteiger partial charge >= 0.3 is 5.97 Å². The number of carbonyl (C=O) groups excluding carboxylic acids is 1. The van der Waals surface area contributed by atoms with E-state index in [1.54, 1.807) is 42.6 Å². The predicted octanol–water partition coefficient (Wildman–Crippen LogP) is 2.33. The molecule has 0 aliphatic carbocycles. The molecule has 0 aliphatic heterocycles. The van der Waals surface area contributed by atoms with Crippen molar-refractivity contribution >= 4 is 27.8 Å². The molecular weight excluding hydrogens is 312 g/mol. The molecule has 0 saturated carbocycles. The number of hydrogen-bond donors (Lipinski definition) is 3. The van der Waals surface area contributed by atoms with E-state index in [2.05, 4.69) is 26.2 Å². The first-order valence-electron chi connectivity index (χ1n) is 5.50. The summed E-state index contributed by atoms with van der Waals surface area (Å²) in [4.78, 5) is 25.9. The molecule has 3 N–H and O–H groups in total. The second-order valence-electron chi connectivity index (χ2n) is 3.89. The van der Waals surface area contributed by atoms with Crippen LogP contribution in [0.1, 0.15) is 22.1 Å². The molecule has 2 aromatic rings. The highest BCUT2D eigenvalue weighted by molar-refractivity contribution is 9.10. The molecule has 0 saturated heterocycles. The van der Waals surface area contributed by atoms with E-state index in [9.17, 15) is 14.7 Å². The van der Waals surface area contributed by atoms with Crippen LogP contribution in [0.4, 0.5) is 0 Å². The van der Waals surface area contributed by atoms with Gasteiger partial charge in [0.25, 0.3) is 5.91 Å². The number of carboxylic acids is 1. The molecule has 2 rings (SSSR count). The maximum atomic E-state index is 11.9. The minimum absolute atomic E-state index is 0.300. The van der Waals surface area contributed by atoms with Gasteiger partial charge in [0.2, 0.25) is 0 Å². The van der Waals surface area contributed by atoms with E-state index in [1.807, 2.05) is 0 Å². The summed E-state index contributed by atoms with van der Waals surface area (Å²) < 4.78 is 0.726. The SMILES string of the molecule is O=C(NC(C(=O)O)c1ccccc1)c1cc(Br)c[nH]1. The molecule has 98 valence electrons. The minimum Gasteiger partial charge on any atom is -0.479 e. The molecule has 0 spiro atoms. The van der Waals surface area contributed by atoms with Crippen LogP contribution in [-0.4, -0.2) is 22.0 Å². The molecule has 0 aliphatic rings. The van der Waals surface area contributed by atoms with Gasteiger partial charge in [-0.25, -0.2) is 4.79 Å². The molecule has 0 fully saturated rings. The fourth-order valence-electron chi connectivity index (χ4n) is 1.64. The Labute approximate surface area is 117 Å². The Balaban J connectivity index is 2.18. The molecule has 1 amide bonds. The van der Waals surface area contributed by atoms with Gasteiger partial charge in [0.05, 0.1) is 0 Å². The van der Waals surface area contributed by atoms with E-state index >= 15 is 0 Å². The summed E-state index contributed by atoms with van der Waals surface area (Å²) in [7, 11) is 0. The summed E-state index contributed by atoms with van der Waals surface area (Å²) in [6.07, 6.45) is 1.60. The fourth-order valence-corrected chi connectivity index (χ4v) is 1.98. The van der Waals surface area contributed by atoms with Crippen LogP contribution >= 0.6 is 15.9 Å². The Kier molecular flexibility index (Phi) is 4.01. The first-order chi connectivity index (χ1) is 9.08. The van der Waals surface area contributed by atoms with E-state index in [4.69, 9.17) is 0 Å². The number of halogens is 1. The molecular formula is C13H11BrN2O3. The van der Waals surface area contributed by atoms with E-state index in [0.717, 1.165) is 4.47 Å². The Morgan fingerprint density at radius 1 is 1.26 bits per heavy atom. The molecule has 1 heterocycles. The molecule has 19 heavy (non-hydrogen) atoms. The number of carboxylic acid groups (broad SMARTS) is 1. The van der Waals surface area contributed by atoms with Crippen LogP contribution in [0.5, 0.6) is 0 Å². The van der Waals surface area contributed by atoms with Crippen LogP contribution in [0.2, 0.25) is 0 Å². The lowest BCUT2D eigenvalue weighted by Crippen LogP contribution is -2.33. The van der Waals surface area contributed by atoms with Crippen LogP contribution in [0, 0.1) is 0 Å². The van der Waals surface area contributed by atoms with Crippen molar-refractivity contribution in [2.45, 2.75) is 6.04 Å². The number of aromatic nitrogens is 1. The lowest BCUT2D eigenvalue weighted by atomic mass is 10.1. The highest BCUT2D eigenvalue weighted by atomic mass is 79.9. The van der Waals surface area contributed by atoms with Crippen LogP contribution in [-0.2, 0) is 4.79 Å². The number of rotatable bonds is 4. The summed E-state index contributed by atoms with van der Waals surface area (Å²) in [5, 5.41) is 11.7. The van der Waals surface area contributed by atoms with Crippen molar-refractivity contribution < 1.29 is 14.7 Å². The Morgan fingerprint density at radius 2 is 1.95 bits per heavy atom. The van der Waals surface area contributed by atoms with Crippen molar-refractivity contribution in [2.75, 3.05) is 0 Å². The van der Waals surface area contributed by atoms with Gasteiger partial charge in [-0.15, -0.1) is 0 Å². The lowest BCUT2D eigenvalue weighted by Gasteiger charge is -2.14. The maximum Gasteiger partial charge on any atom is 0.330 e. The second kappa shape index (κ2) is 5.71. The summed E-state index contributed by atoms with van der Waals surface area (Å²) in [5.74, 6) is -1.58. The van der Waals surface area contributed by atoms with Crippen molar-refractivity contribution in [3.05, 3.63) is 58.3 Å². The summed E-state index contributed by atoms with van der Waals surface area (Å²) in [6.45, 7) is 0.